The van der Waals surface area contributed by atoms with E-state index in [1.54, 1.807) is 22.8 Å². The maximum atomic E-state index is 13.0. The van der Waals surface area contributed by atoms with Gasteiger partial charge < -0.3 is 10.1 Å². The van der Waals surface area contributed by atoms with E-state index in [0.717, 1.165) is 32.6 Å². The second-order valence-corrected chi connectivity index (χ2v) is 9.72. The molecule has 1 aliphatic rings. The number of aryl methyl sites for hydroxylation is 1. The number of aromatic nitrogens is 2. The van der Waals surface area contributed by atoms with Crippen LogP contribution in [0.3, 0.4) is 0 Å². The molecule has 208 valence electrons. The summed E-state index contributed by atoms with van der Waals surface area (Å²) in [5.74, 6) is 0.0304. The molecule has 1 N–H and O–H groups in total. The molecule has 8 nitrogen and oxygen atoms in total. The fourth-order valence-corrected chi connectivity index (χ4v) is 4.58. The zero-order chi connectivity index (χ0) is 28.5. The number of amides is 1. The molecule has 2 aromatic rings. The number of imidazole rings is 1. The van der Waals surface area contributed by atoms with Crippen molar-refractivity contribution in [1.29, 1.82) is 5.26 Å². The van der Waals surface area contributed by atoms with Crippen molar-refractivity contribution < 1.29 is 31.1 Å². The van der Waals surface area contributed by atoms with Gasteiger partial charge in [0.15, 0.2) is 11.4 Å². The molecule has 0 aliphatic heterocycles. The number of nitriles is 1. The summed E-state index contributed by atoms with van der Waals surface area (Å²) in [5.41, 5.74) is 1.04. The number of ether oxygens (including phenoxy) is 1. The molecule has 1 unspecified atom stereocenters. The van der Waals surface area contributed by atoms with E-state index in [1.165, 1.54) is 7.11 Å². The summed E-state index contributed by atoms with van der Waals surface area (Å²) in [7, 11) is 1.42. The van der Waals surface area contributed by atoms with E-state index in [9.17, 15) is 23.2 Å². The van der Waals surface area contributed by atoms with Gasteiger partial charge >= 0.3 is 17.7 Å². The van der Waals surface area contributed by atoms with Crippen molar-refractivity contribution in [2.45, 2.75) is 65.5 Å². The molecule has 0 saturated heterocycles. The minimum absolute atomic E-state index is 0.0466. The Morgan fingerprint density at radius 1 is 1.29 bits per heavy atom. The Labute approximate surface area is 224 Å². The van der Waals surface area contributed by atoms with Crippen molar-refractivity contribution in [2.24, 2.45) is 17.8 Å². The molecular weight excluding hydrogens is 521 g/mol. The van der Waals surface area contributed by atoms with Gasteiger partial charge in [-0.25, -0.2) is 4.98 Å². The molecule has 1 aromatic carbocycles. The SMILES string of the molecule is CCc1nc(C(=O)NCC2CCC(C)CC2)c(C#N)n1-c1ccc(CC(C)C(F)(F)F)cc1OC.O=S=O. The molecule has 1 aromatic heterocycles. The lowest BCUT2D eigenvalue weighted by atomic mass is 9.83. The van der Waals surface area contributed by atoms with Crippen molar-refractivity contribution in [1.82, 2.24) is 14.9 Å². The first-order valence-corrected chi connectivity index (χ1v) is 13.1. The number of methoxy groups -OCH3 is 1. The molecule has 0 radical (unpaired) electrons. The Morgan fingerprint density at radius 3 is 2.45 bits per heavy atom. The Kier molecular flexibility index (Phi) is 11.5. The largest absolute Gasteiger partial charge is 0.495 e. The second kappa shape index (κ2) is 14.1. The zero-order valence-electron chi connectivity index (χ0n) is 21.9. The second-order valence-electron chi connectivity index (χ2n) is 9.58. The van der Waals surface area contributed by atoms with Crippen LogP contribution in [0.4, 0.5) is 13.2 Å². The average molecular weight is 555 g/mol. The third-order valence-corrected chi connectivity index (χ3v) is 6.86. The van der Waals surface area contributed by atoms with Gasteiger partial charge in [0.2, 0.25) is 0 Å². The lowest BCUT2D eigenvalue weighted by Crippen LogP contribution is -2.31. The summed E-state index contributed by atoms with van der Waals surface area (Å²) >= 11 is -0.750. The summed E-state index contributed by atoms with van der Waals surface area (Å²) in [6.07, 6.45) is 0.390. The number of hydrogen-bond acceptors (Lipinski definition) is 6. The van der Waals surface area contributed by atoms with Crippen LogP contribution >= 0.6 is 0 Å². The smallest absolute Gasteiger partial charge is 0.391 e. The average Bonchev–Trinajstić information content (AvgIpc) is 3.26. The highest BCUT2D eigenvalue weighted by Crippen LogP contribution is 2.33. The minimum atomic E-state index is -4.29. The maximum absolute atomic E-state index is 13.0. The number of nitrogens with zero attached hydrogens (tertiary/aromatic N) is 3. The zero-order valence-corrected chi connectivity index (χ0v) is 22.7. The van der Waals surface area contributed by atoms with Crippen molar-refractivity contribution >= 4 is 17.5 Å². The van der Waals surface area contributed by atoms with Gasteiger partial charge in [-0.3, -0.25) is 9.36 Å². The lowest BCUT2D eigenvalue weighted by molar-refractivity contribution is -0.169. The summed E-state index contributed by atoms with van der Waals surface area (Å²) in [5, 5.41) is 12.9. The summed E-state index contributed by atoms with van der Waals surface area (Å²) in [6.45, 7) is 5.78. The molecule has 3 rings (SSSR count). The fourth-order valence-electron chi connectivity index (χ4n) is 4.58. The number of halogens is 3. The highest BCUT2D eigenvalue weighted by molar-refractivity contribution is 7.51. The molecule has 1 fully saturated rings. The van der Waals surface area contributed by atoms with Crippen LogP contribution in [0.25, 0.3) is 5.69 Å². The normalized spacial score (nSPS) is 17.9. The Hall–Kier alpha value is -3.20. The molecule has 1 saturated carbocycles. The van der Waals surface area contributed by atoms with E-state index in [2.05, 4.69) is 23.3 Å². The van der Waals surface area contributed by atoms with E-state index in [0.29, 0.717) is 47.6 Å². The summed E-state index contributed by atoms with van der Waals surface area (Å²) in [4.78, 5) is 17.4. The standard InChI is InChI=1S/C26H33F3N4O2.O2S/c1-5-23-32-24(25(34)31-15-18-8-6-16(2)7-9-18)21(14-30)33(23)20-11-10-19(13-22(20)35-4)12-17(3)26(27,28)29;1-3-2/h10-11,13,16-18H,5-9,12,15H2,1-4H3,(H,31,34);. The van der Waals surface area contributed by atoms with Gasteiger partial charge in [0, 0.05) is 13.0 Å². The van der Waals surface area contributed by atoms with Crippen molar-refractivity contribution in [3.63, 3.8) is 0 Å². The number of carbonyl (C=O) groups excluding carboxylic acids is 1. The van der Waals surface area contributed by atoms with E-state index >= 15 is 0 Å². The van der Waals surface area contributed by atoms with Gasteiger partial charge in [0.25, 0.3) is 5.91 Å². The molecule has 1 aliphatic carbocycles. The molecule has 12 heteroatoms. The van der Waals surface area contributed by atoms with E-state index in [-0.39, 0.29) is 17.8 Å². The number of nitrogens with one attached hydrogen (secondary N) is 1. The molecule has 0 bridgehead atoms. The maximum Gasteiger partial charge on any atom is 0.391 e. The third-order valence-electron chi connectivity index (χ3n) is 6.86. The van der Waals surface area contributed by atoms with Gasteiger partial charge in [0.05, 0.1) is 18.7 Å². The van der Waals surface area contributed by atoms with Crippen LogP contribution in [0.1, 0.15) is 74.0 Å². The molecule has 38 heavy (non-hydrogen) atoms. The molecule has 1 atom stereocenters. The molecular formula is C26H33F3N4O4S. The Bertz CT molecular complexity index is 1180. The van der Waals surface area contributed by atoms with Crippen LogP contribution in [0, 0.1) is 29.1 Å². The first-order chi connectivity index (χ1) is 18.0. The van der Waals surface area contributed by atoms with Crippen molar-refractivity contribution in [3.05, 3.63) is 41.0 Å². The van der Waals surface area contributed by atoms with Gasteiger partial charge in [-0.15, -0.1) is 0 Å². The highest BCUT2D eigenvalue weighted by atomic mass is 32.1. The van der Waals surface area contributed by atoms with E-state index < -0.39 is 29.6 Å². The minimum Gasteiger partial charge on any atom is -0.495 e. The van der Waals surface area contributed by atoms with E-state index in [1.807, 2.05) is 6.92 Å². The molecule has 1 amide bonds. The van der Waals surface area contributed by atoms with Crippen LogP contribution in [0.2, 0.25) is 0 Å². The summed E-state index contributed by atoms with van der Waals surface area (Å²) < 4.78 is 62.7. The van der Waals surface area contributed by atoms with Gasteiger partial charge in [-0.2, -0.15) is 26.9 Å². The topological polar surface area (TPSA) is 114 Å². The Balaban J connectivity index is 0.00000161. The predicted molar refractivity (Wildman–Crippen MR) is 136 cm³/mol. The number of alkyl halides is 3. The van der Waals surface area contributed by atoms with Crippen LogP contribution < -0.4 is 10.1 Å². The van der Waals surface area contributed by atoms with Crippen LogP contribution in [0.5, 0.6) is 5.75 Å². The van der Waals surface area contributed by atoms with Gasteiger partial charge in [-0.05, 0) is 48.8 Å². The quantitative estimate of drug-likeness (QED) is 0.494. The van der Waals surface area contributed by atoms with Crippen molar-refractivity contribution in [3.8, 4) is 17.5 Å². The van der Waals surface area contributed by atoms with Gasteiger partial charge in [-0.1, -0.05) is 39.7 Å². The van der Waals surface area contributed by atoms with Crippen LogP contribution in [-0.2, 0) is 24.4 Å². The number of benzene rings is 1. The van der Waals surface area contributed by atoms with E-state index in [4.69, 9.17) is 13.2 Å². The van der Waals surface area contributed by atoms with Crippen LogP contribution in [-0.4, -0.2) is 43.7 Å². The fraction of sp³-hybridized carbons (Fsp3) is 0.577. The Morgan fingerprint density at radius 2 is 1.92 bits per heavy atom. The van der Waals surface area contributed by atoms with Crippen LogP contribution in [0.15, 0.2) is 18.2 Å². The first-order valence-electron chi connectivity index (χ1n) is 12.5. The molecule has 1 heterocycles. The monoisotopic (exact) mass is 554 g/mol. The van der Waals surface area contributed by atoms with Gasteiger partial charge in [0.1, 0.15) is 17.6 Å². The highest BCUT2D eigenvalue weighted by Gasteiger charge is 2.36. The number of carbonyl (C=O) groups is 1. The van der Waals surface area contributed by atoms with Crippen molar-refractivity contribution in [2.75, 3.05) is 13.7 Å². The first kappa shape index (κ1) is 31.0. The number of hydrogen-bond donors (Lipinski definition) is 1. The third kappa shape index (κ3) is 7.90. The summed E-state index contributed by atoms with van der Waals surface area (Å²) in [6, 6.07) is 6.84. The number of rotatable bonds is 8. The molecule has 0 spiro atoms. The predicted octanol–water partition coefficient (Wildman–Crippen LogP) is 4.94. The lowest BCUT2D eigenvalue weighted by Gasteiger charge is -2.26.